The Labute approximate surface area is 71.9 Å². The fourth-order valence-electron chi connectivity index (χ4n) is 0.469. The number of hydrogen-bond donors (Lipinski definition) is 0. The van der Waals surface area contributed by atoms with E-state index in [9.17, 15) is 8.42 Å². The minimum absolute atomic E-state index is 0.365. The lowest BCUT2D eigenvalue weighted by molar-refractivity contribution is 0.605. The molecule has 1 aromatic heterocycles. The lowest BCUT2D eigenvalue weighted by Crippen LogP contribution is -1.92. The molecule has 0 saturated carbocycles. The number of sulfone groups is 1. The monoisotopic (exact) mass is 239 g/mol. The highest BCUT2D eigenvalue weighted by molar-refractivity contribution is 9.12. The van der Waals surface area contributed by atoms with Crippen molar-refractivity contribution in [3.05, 3.63) is 22.2 Å². The van der Waals surface area contributed by atoms with Gasteiger partial charge in [-0.15, -0.1) is 11.3 Å². The van der Waals surface area contributed by atoms with Gasteiger partial charge in [0.05, 0.1) is 0 Å². The molecule has 0 amide bonds. The summed E-state index contributed by atoms with van der Waals surface area (Å²) in [6.45, 7) is 0. The molecule has 0 N–H and O–H groups in total. The normalized spacial score (nSPS) is 11.7. The second-order valence-corrected chi connectivity index (χ2v) is 5.60. The number of halogens is 1. The van der Waals surface area contributed by atoms with E-state index < -0.39 is 9.84 Å². The number of thiophene rings is 1. The Hall–Kier alpha value is 0.130. The molecule has 10 heavy (non-hydrogen) atoms. The van der Waals surface area contributed by atoms with Crippen molar-refractivity contribution in [2.24, 2.45) is 0 Å². The maximum absolute atomic E-state index is 11.0. The van der Waals surface area contributed by atoms with Gasteiger partial charge in [-0.3, -0.25) is 0 Å². The molecule has 2 nitrogen and oxygen atoms in total. The third-order valence-corrected chi connectivity index (χ3v) is 4.95. The quantitative estimate of drug-likeness (QED) is 0.792. The summed E-state index contributed by atoms with van der Waals surface area (Å²) >= 11 is 3.99. The van der Waals surface area contributed by atoms with Crippen molar-refractivity contribution < 1.29 is 8.42 Å². The van der Waals surface area contributed by atoms with Crippen LogP contribution in [0, 0.1) is 4.66 Å². The molecule has 5 heteroatoms. The van der Waals surface area contributed by atoms with E-state index in [1.54, 1.807) is 17.5 Å². The minimum Gasteiger partial charge on any atom is -0.222 e. The number of hydrogen-bond acceptors (Lipinski definition) is 3. The van der Waals surface area contributed by atoms with E-state index in [0.29, 0.717) is 4.21 Å². The van der Waals surface area contributed by atoms with Crippen LogP contribution in [0.3, 0.4) is 0 Å². The Morgan fingerprint density at radius 2 is 2.30 bits per heavy atom. The van der Waals surface area contributed by atoms with Crippen molar-refractivity contribution in [1.29, 1.82) is 0 Å². The van der Waals surface area contributed by atoms with Crippen LogP contribution in [0.2, 0.25) is 0 Å². The van der Waals surface area contributed by atoms with Gasteiger partial charge in [-0.2, -0.15) is 0 Å². The molecule has 0 unspecified atom stereocenters. The maximum Gasteiger partial charge on any atom is 0.202 e. The van der Waals surface area contributed by atoms with Crippen molar-refractivity contribution in [1.82, 2.24) is 0 Å². The van der Waals surface area contributed by atoms with Crippen molar-refractivity contribution in [3.8, 4) is 0 Å². The van der Waals surface area contributed by atoms with Crippen molar-refractivity contribution in [2.45, 2.75) is 4.21 Å². The fraction of sp³-hybridized carbons (Fsp3) is 0. The van der Waals surface area contributed by atoms with E-state index in [4.69, 9.17) is 0 Å². The Morgan fingerprint density at radius 3 is 2.70 bits per heavy atom. The van der Waals surface area contributed by atoms with Gasteiger partial charge in [0.25, 0.3) is 0 Å². The van der Waals surface area contributed by atoms with Crippen LogP contribution < -0.4 is 0 Å². The van der Waals surface area contributed by atoms with E-state index in [0.717, 1.165) is 4.66 Å². The third kappa shape index (κ3) is 1.59. The summed E-state index contributed by atoms with van der Waals surface area (Å²) in [6, 6.07) is 3.27. The second kappa shape index (κ2) is 3.02. The van der Waals surface area contributed by atoms with E-state index in [1.165, 1.54) is 11.3 Å². The van der Waals surface area contributed by atoms with Gasteiger partial charge in [0.1, 0.15) is 8.87 Å². The largest absolute Gasteiger partial charge is 0.222 e. The molecule has 1 heterocycles. The summed E-state index contributed by atoms with van der Waals surface area (Å²) < 4.78 is 23.3. The summed E-state index contributed by atoms with van der Waals surface area (Å²) in [5.74, 6) is 0. The van der Waals surface area contributed by atoms with Gasteiger partial charge in [-0.05, 0) is 11.4 Å². The minimum atomic E-state index is -3.14. The van der Waals surface area contributed by atoms with Crippen LogP contribution in [0.4, 0.5) is 0 Å². The van der Waals surface area contributed by atoms with E-state index in [2.05, 4.69) is 15.9 Å². The first kappa shape index (κ1) is 8.23. The fourth-order valence-corrected chi connectivity index (χ4v) is 3.10. The maximum atomic E-state index is 11.0. The topological polar surface area (TPSA) is 34.1 Å². The highest BCUT2D eigenvalue weighted by Crippen LogP contribution is 2.20. The first-order valence-electron chi connectivity index (χ1n) is 2.39. The molecule has 0 aromatic carbocycles. The zero-order valence-corrected chi connectivity index (χ0v) is 8.04. The van der Waals surface area contributed by atoms with Crippen LogP contribution in [-0.4, -0.2) is 8.42 Å². The van der Waals surface area contributed by atoms with E-state index >= 15 is 0 Å². The van der Waals surface area contributed by atoms with Crippen LogP contribution in [0.15, 0.2) is 21.7 Å². The second-order valence-electron chi connectivity index (χ2n) is 1.57. The molecular formula is C5H4BrO2S2. The summed E-state index contributed by atoms with van der Waals surface area (Å²) in [6.07, 6.45) is 0. The average Bonchev–Trinajstić information content (AvgIpc) is 2.38. The SMILES string of the molecule is O=S(=O)([CH]Br)c1cccs1. The molecule has 0 atom stereocenters. The summed E-state index contributed by atoms with van der Waals surface area (Å²) in [5, 5.41) is 1.73. The predicted molar refractivity (Wildman–Crippen MR) is 44.7 cm³/mol. The standard InChI is InChI=1S/C5H4BrO2S2/c6-4-10(7,8)5-2-1-3-9-5/h1-4H. The predicted octanol–water partition coefficient (Wildman–Crippen LogP) is 2.04. The highest BCUT2D eigenvalue weighted by Gasteiger charge is 2.12. The first-order chi connectivity index (χ1) is 4.67. The molecule has 0 saturated heterocycles. The zero-order valence-electron chi connectivity index (χ0n) is 4.82. The van der Waals surface area contributed by atoms with Crippen LogP contribution in [0.1, 0.15) is 0 Å². The lowest BCUT2D eigenvalue weighted by Gasteiger charge is -1.90. The van der Waals surface area contributed by atoms with Crippen molar-refractivity contribution >= 4 is 37.1 Å². The molecule has 0 spiro atoms. The highest BCUT2D eigenvalue weighted by atomic mass is 79.9. The lowest BCUT2D eigenvalue weighted by atomic mass is 10.7. The van der Waals surface area contributed by atoms with Gasteiger partial charge in [0, 0.05) is 0 Å². The summed E-state index contributed by atoms with van der Waals surface area (Å²) in [5.41, 5.74) is 0. The van der Waals surface area contributed by atoms with Gasteiger partial charge in [-0.1, -0.05) is 22.0 Å². The molecule has 0 aliphatic rings. The van der Waals surface area contributed by atoms with E-state index in [-0.39, 0.29) is 0 Å². The van der Waals surface area contributed by atoms with Crippen LogP contribution >= 0.6 is 27.3 Å². The van der Waals surface area contributed by atoms with Gasteiger partial charge in [0.2, 0.25) is 9.84 Å². The van der Waals surface area contributed by atoms with Gasteiger partial charge in [0.15, 0.2) is 0 Å². The Bertz CT molecular complexity index is 287. The molecule has 55 valence electrons. The Balaban J connectivity index is 3.09. The summed E-state index contributed by atoms with van der Waals surface area (Å²) in [7, 11) is -3.14. The molecule has 0 aliphatic carbocycles. The molecule has 0 fully saturated rings. The average molecular weight is 240 g/mol. The molecule has 1 aromatic rings. The van der Waals surface area contributed by atoms with Crippen LogP contribution in [0.5, 0.6) is 0 Å². The van der Waals surface area contributed by atoms with Crippen LogP contribution in [-0.2, 0) is 9.84 Å². The molecule has 1 radical (unpaired) electrons. The molecule has 0 bridgehead atoms. The zero-order chi connectivity index (χ0) is 7.61. The van der Waals surface area contributed by atoms with Gasteiger partial charge >= 0.3 is 0 Å². The molecule has 1 rings (SSSR count). The Morgan fingerprint density at radius 1 is 1.60 bits per heavy atom. The van der Waals surface area contributed by atoms with Crippen molar-refractivity contribution in [2.75, 3.05) is 0 Å². The smallest absolute Gasteiger partial charge is 0.202 e. The Kier molecular flexibility index (Phi) is 2.49. The van der Waals surface area contributed by atoms with Gasteiger partial charge < -0.3 is 0 Å². The van der Waals surface area contributed by atoms with Gasteiger partial charge in [-0.25, -0.2) is 8.42 Å². The molecular weight excluding hydrogens is 236 g/mol. The van der Waals surface area contributed by atoms with Crippen LogP contribution in [0.25, 0.3) is 0 Å². The third-order valence-electron chi connectivity index (χ3n) is 0.893. The van der Waals surface area contributed by atoms with E-state index in [1.807, 2.05) is 0 Å². The summed E-state index contributed by atoms with van der Waals surface area (Å²) in [4.78, 5) is 0. The number of rotatable bonds is 2. The van der Waals surface area contributed by atoms with Crippen molar-refractivity contribution in [3.63, 3.8) is 0 Å². The first-order valence-corrected chi connectivity index (χ1v) is 5.73. The molecule has 0 aliphatic heterocycles.